The Morgan fingerprint density at radius 2 is 1.70 bits per heavy atom. The van der Waals surface area contributed by atoms with Crippen LogP contribution >= 0.6 is 0 Å². The number of anilines is 1. The second kappa shape index (κ2) is 7.72. The van der Waals surface area contributed by atoms with Gasteiger partial charge < -0.3 is 10.1 Å². The van der Waals surface area contributed by atoms with Gasteiger partial charge in [-0.2, -0.15) is 18.2 Å². The van der Waals surface area contributed by atoms with Gasteiger partial charge in [-0.15, -0.1) is 5.10 Å². The van der Waals surface area contributed by atoms with E-state index in [0.29, 0.717) is 29.0 Å². The van der Waals surface area contributed by atoms with Crippen LogP contribution in [0.15, 0.2) is 59.8 Å². The Morgan fingerprint density at radius 1 is 1.03 bits per heavy atom. The number of hydrogen-bond acceptors (Lipinski definition) is 5. The minimum Gasteiger partial charge on any atom is -0.497 e. The van der Waals surface area contributed by atoms with Crippen molar-refractivity contribution in [2.45, 2.75) is 31.0 Å². The van der Waals surface area contributed by atoms with Gasteiger partial charge in [0.05, 0.1) is 7.11 Å². The largest absolute Gasteiger partial charge is 0.497 e. The second-order valence-corrected chi connectivity index (χ2v) is 7.97. The number of benzene rings is 2. The number of hydrogen-bond donors (Lipinski definition) is 1. The number of methoxy groups -OCH3 is 1. The van der Waals surface area contributed by atoms with E-state index in [0.717, 1.165) is 10.2 Å². The van der Waals surface area contributed by atoms with Crippen molar-refractivity contribution in [2.75, 3.05) is 12.4 Å². The van der Waals surface area contributed by atoms with Gasteiger partial charge in [0, 0.05) is 17.7 Å². The maximum absolute atomic E-state index is 13.5. The summed E-state index contributed by atoms with van der Waals surface area (Å²) in [5, 5.41) is 6.55. The topological polar surface area (TPSA) is 69.0 Å². The highest BCUT2D eigenvalue weighted by molar-refractivity contribution is 6.00. The van der Waals surface area contributed by atoms with Crippen LogP contribution in [0.1, 0.15) is 41.8 Å². The standard InChI is InChI=1S/C23H18F4N4O2/c1-33-16-8-4-12(5-9-16)14-10-17-19(18(32)11-14)20(13-2-6-15(24)7-3-13)31-22(28-17)29-21(30-31)23(25,26)27/h2-9,14,20H,10-11H2,1H3,(H,28,29,30)/t14-,20-/m1/s1. The summed E-state index contributed by atoms with van der Waals surface area (Å²) >= 11 is 0. The molecular formula is C23H18F4N4O2. The smallest absolute Gasteiger partial charge is 0.453 e. The van der Waals surface area contributed by atoms with E-state index in [2.05, 4.69) is 15.4 Å². The van der Waals surface area contributed by atoms with Crippen molar-refractivity contribution in [3.8, 4) is 5.75 Å². The van der Waals surface area contributed by atoms with E-state index < -0.39 is 23.9 Å². The van der Waals surface area contributed by atoms with Crippen LogP contribution in [0.25, 0.3) is 0 Å². The molecule has 0 bridgehead atoms. The lowest BCUT2D eigenvalue weighted by molar-refractivity contribution is -0.145. The highest BCUT2D eigenvalue weighted by atomic mass is 19.4. The second-order valence-electron chi connectivity index (χ2n) is 7.97. The first-order chi connectivity index (χ1) is 15.7. The van der Waals surface area contributed by atoms with E-state index in [1.165, 1.54) is 24.3 Å². The molecule has 0 radical (unpaired) electrons. The number of carbonyl (C=O) groups excluding carboxylic acids is 1. The molecule has 0 spiro atoms. The van der Waals surface area contributed by atoms with Gasteiger partial charge >= 0.3 is 6.18 Å². The Bertz CT molecular complexity index is 1250. The summed E-state index contributed by atoms with van der Waals surface area (Å²) in [6.45, 7) is 0. The summed E-state index contributed by atoms with van der Waals surface area (Å²) in [6, 6.07) is 11.7. The quantitative estimate of drug-likeness (QED) is 0.568. The molecule has 33 heavy (non-hydrogen) atoms. The van der Waals surface area contributed by atoms with Gasteiger partial charge in [0.25, 0.3) is 5.82 Å². The fourth-order valence-corrected chi connectivity index (χ4v) is 4.40. The van der Waals surface area contributed by atoms with Gasteiger partial charge in [-0.05, 0) is 47.7 Å². The minimum absolute atomic E-state index is 0.112. The molecule has 0 saturated carbocycles. The van der Waals surface area contributed by atoms with Crippen LogP contribution in [0, 0.1) is 5.82 Å². The number of ether oxygens (including phenoxy) is 1. The number of carbonyl (C=O) groups is 1. The van der Waals surface area contributed by atoms with E-state index in [4.69, 9.17) is 4.74 Å². The SMILES string of the molecule is COc1ccc([C@H]2CC(=O)C3=C(C2)Nc2nc(C(F)(F)F)nn2[C@@H]3c2ccc(F)cc2)cc1. The van der Waals surface area contributed by atoms with Gasteiger partial charge in [-0.3, -0.25) is 4.79 Å². The molecule has 5 rings (SSSR count). The Hall–Kier alpha value is -3.69. The van der Waals surface area contributed by atoms with Crippen molar-refractivity contribution in [3.63, 3.8) is 0 Å². The molecule has 6 nitrogen and oxygen atoms in total. The van der Waals surface area contributed by atoms with Crippen LogP contribution in [0.2, 0.25) is 0 Å². The van der Waals surface area contributed by atoms with Gasteiger partial charge in [0.15, 0.2) is 5.78 Å². The maximum atomic E-state index is 13.5. The normalized spacial score (nSPS) is 20.2. The monoisotopic (exact) mass is 458 g/mol. The number of nitrogens with one attached hydrogen (secondary N) is 1. The number of aromatic nitrogens is 3. The number of allylic oxidation sites excluding steroid dienone is 2. The zero-order valence-electron chi connectivity index (χ0n) is 17.4. The van der Waals surface area contributed by atoms with E-state index in [9.17, 15) is 22.4 Å². The van der Waals surface area contributed by atoms with Crippen LogP contribution in [0.4, 0.5) is 23.5 Å². The van der Waals surface area contributed by atoms with Crippen molar-refractivity contribution in [3.05, 3.63) is 82.6 Å². The van der Waals surface area contributed by atoms with Crippen molar-refractivity contribution in [2.24, 2.45) is 0 Å². The van der Waals surface area contributed by atoms with Crippen LogP contribution < -0.4 is 10.1 Å². The predicted molar refractivity (Wildman–Crippen MR) is 110 cm³/mol. The van der Waals surface area contributed by atoms with Gasteiger partial charge in [-0.25, -0.2) is 9.07 Å². The summed E-state index contributed by atoms with van der Waals surface area (Å²) in [7, 11) is 1.56. The van der Waals surface area contributed by atoms with Crippen LogP contribution in [0.5, 0.6) is 5.75 Å². The van der Waals surface area contributed by atoms with Crippen molar-refractivity contribution in [1.29, 1.82) is 0 Å². The summed E-state index contributed by atoms with van der Waals surface area (Å²) in [4.78, 5) is 17.0. The zero-order chi connectivity index (χ0) is 23.3. The molecule has 1 N–H and O–H groups in total. The summed E-state index contributed by atoms with van der Waals surface area (Å²) in [5.41, 5.74) is 2.17. The Labute approximate surface area is 185 Å². The first-order valence-corrected chi connectivity index (χ1v) is 10.2. The molecular weight excluding hydrogens is 440 g/mol. The van der Waals surface area contributed by atoms with Crippen molar-refractivity contribution >= 4 is 11.7 Å². The molecule has 0 fully saturated rings. The lowest BCUT2D eigenvalue weighted by Gasteiger charge is -2.35. The molecule has 1 aromatic heterocycles. The van der Waals surface area contributed by atoms with Crippen LogP contribution in [-0.4, -0.2) is 27.7 Å². The van der Waals surface area contributed by atoms with E-state index >= 15 is 0 Å². The van der Waals surface area contributed by atoms with E-state index in [1.807, 2.05) is 12.1 Å². The molecule has 0 unspecified atom stereocenters. The number of fused-ring (bicyclic) bond motifs is 1. The number of ketones is 1. The number of nitrogens with zero attached hydrogens (tertiary/aromatic N) is 3. The average Bonchev–Trinajstić information content (AvgIpc) is 3.23. The van der Waals surface area contributed by atoms with Crippen LogP contribution in [-0.2, 0) is 11.0 Å². The highest BCUT2D eigenvalue weighted by Gasteiger charge is 2.43. The molecule has 2 atom stereocenters. The highest BCUT2D eigenvalue weighted by Crippen LogP contribution is 2.45. The fraction of sp³-hybridized carbons (Fsp3) is 0.261. The van der Waals surface area contributed by atoms with Crippen molar-refractivity contribution in [1.82, 2.24) is 14.8 Å². The molecule has 3 aromatic rings. The number of Topliss-reactive ketones (excluding diaryl/α,β-unsaturated/α-hetero) is 1. The zero-order valence-corrected chi connectivity index (χ0v) is 17.4. The molecule has 10 heteroatoms. The molecule has 2 aromatic carbocycles. The Kier molecular flexibility index (Phi) is 4.95. The molecule has 2 heterocycles. The lowest BCUT2D eigenvalue weighted by atomic mass is 9.78. The lowest BCUT2D eigenvalue weighted by Crippen LogP contribution is -2.33. The molecule has 1 aliphatic carbocycles. The molecule has 0 saturated heterocycles. The van der Waals surface area contributed by atoms with E-state index in [1.54, 1.807) is 19.2 Å². The third-order valence-electron chi connectivity index (χ3n) is 5.95. The first kappa shape index (κ1) is 21.2. The summed E-state index contributed by atoms with van der Waals surface area (Å²) in [6.07, 6.45) is -4.17. The number of rotatable bonds is 3. The molecule has 0 amide bonds. The van der Waals surface area contributed by atoms with Crippen LogP contribution in [0.3, 0.4) is 0 Å². The number of alkyl halides is 3. The minimum atomic E-state index is -4.75. The third-order valence-corrected chi connectivity index (χ3v) is 5.95. The van der Waals surface area contributed by atoms with Crippen molar-refractivity contribution < 1.29 is 27.1 Å². The fourth-order valence-electron chi connectivity index (χ4n) is 4.40. The van der Waals surface area contributed by atoms with Gasteiger partial charge in [0.1, 0.15) is 17.6 Å². The Morgan fingerprint density at radius 3 is 2.33 bits per heavy atom. The summed E-state index contributed by atoms with van der Waals surface area (Å²) < 4.78 is 59.8. The van der Waals surface area contributed by atoms with Gasteiger partial charge in [-0.1, -0.05) is 24.3 Å². The Balaban J connectivity index is 1.59. The predicted octanol–water partition coefficient (Wildman–Crippen LogP) is 4.86. The average molecular weight is 458 g/mol. The van der Waals surface area contributed by atoms with E-state index in [-0.39, 0.29) is 24.1 Å². The third kappa shape index (κ3) is 3.75. The molecule has 2 aliphatic rings. The first-order valence-electron chi connectivity index (χ1n) is 10.2. The molecule has 170 valence electrons. The maximum Gasteiger partial charge on any atom is 0.453 e. The van der Waals surface area contributed by atoms with Gasteiger partial charge in [0.2, 0.25) is 5.95 Å². The molecule has 1 aliphatic heterocycles. The summed E-state index contributed by atoms with van der Waals surface area (Å²) in [5.74, 6) is -1.62. The number of halogens is 4.